The Morgan fingerprint density at radius 1 is 0.864 bits per heavy atom. The molecular formula is C16H13ClN2O2S. The van der Waals surface area contributed by atoms with Crippen LogP contribution in [0, 0.1) is 0 Å². The van der Waals surface area contributed by atoms with Gasteiger partial charge in [0.15, 0.2) is 0 Å². The first kappa shape index (κ1) is 14.7. The zero-order valence-corrected chi connectivity index (χ0v) is 13.1. The third kappa shape index (κ3) is 3.00. The van der Waals surface area contributed by atoms with Gasteiger partial charge in [0.2, 0.25) is 0 Å². The first-order chi connectivity index (χ1) is 10.6. The SMILES string of the molecule is O=S(=O)(Nn1cccc1-c1ccc(Cl)cc1)c1ccccc1. The lowest BCUT2D eigenvalue weighted by Gasteiger charge is -2.13. The van der Waals surface area contributed by atoms with E-state index in [-0.39, 0.29) is 4.90 Å². The molecule has 0 aliphatic carbocycles. The lowest BCUT2D eigenvalue weighted by molar-refractivity contribution is 0.595. The molecule has 1 heterocycles. The van der Waals surface area contributed by atoms with E-state index in [1.807, 2.05) is 18.2 Å². The summed E-state index contributed by atoms with van der Waals surface area (Å²) in [6, 6.07) is 19.0. The molecule has 0 radical (unpaired) electrons. The minimum Gasteiger partial charge on any atom is -0.253 e. The van der Waals surface area contributed by atoms with Gasteiger partial charge in [-0.15, -0.1) is 0 Å². The highest BCUT2D eigenvalue weighted by Crippen LogP contribution is 2.22. The Hall–Kier alpha value is -2.24. The third-order valence-corrected chi connectivity index (χ3v) is 4.74. The van der Waals surface area contributed by atoms with Crippen molar-refractivity contribution in [1.82, 2.24) is 4.68 Å². The van der Waals surface area contributed by atoms with Gasteiger partial charge in [0.05, 0.1) is 10.6 Å². The molecule has 3 aromatic rings. The summed E-state index contributed by atoms with van der Waals surface area (Å²) in [5.41, 5.74) is 1.60. The summed E-state index contributed by atoms with van der Waals surface area (Å²) in [6.45, 7) is 0. The predicted octanol–water partition coefficient (Wildman–Crippen LogP) is 3.74. The van der Waals surface area contributed by atoms with Crippen LogP contribution < -0.4 is 4.83 Å². The van der Waals surface area contributed by atoms with Crippen LogP contribution in [0.5, 0.6) is 0 Å². The molecule has 1 N–H and O–H groups in total. The van der Waals surface area contributed by atoms with Crippen LogP contribution in [0.15, 0.2) is 77.8 Å². The molecule has 2 aromatic carbocycles. The maximum absolute atomic E-state index is 12.4. The fraction of sp³-hybridized carbons (Fsp3) is 0. The van der Waals surface area contributed by atoms with Crippen molar-refractivity contribution in [2.24, 2.45) is 0 Å². The number of rotatable bonds is 4. The van der Waals surface area contributed by atoms with Crippen molar-refractivity contribution >= 4 is 21.6 Å². The number of aromatic nitrogens is 1. The summed E-state index contributed by atoms with van der Waals surface area (Å²) in [4.78, 5) is 2.77. The van der Waals surface area contributed by atoms with E-state index in [0.29, 0.717) is 5.02 Å². The van der Waals surface area contributed by atoms with Crippen molar-refractivity contribution in [3.05, 3.63) is 77.9 Å². The van der Waals surface area contributed by atoms with Crippen LogP contribution in [-0.4, -0.2) is 13.1 Å². The normalized spacial score (nSPS) is 11.3. The standard InChI is InChI=1S/C16H13ClN2O2S/c17-14-10-8-13(9-11-14)16-7-4-12-19(16)18-22(20,21)15-5-2-1-3-6-15/h1-12,18H. The molecule has 0 saturated heterocycles. The van der Waals surface area contributed by atoms with Crippen molar-refractivity contribution in [3.63, 3.8) is 0 Å². The zero-order chi connectivity index (χ0) is 15.6. The van der Waals surface area contributed by atoms with Gasteiger partial charge in [-0.1, -0.05) is 41.9 Å². The first-order valence-corrected chi connectivity index (χ1v) is 8.43. The number of hydrogen-bond donors (Lipinski definition) is 1. The van der Waals surface area contributed by atoms with Gasteiger partial charge in [0.25, 0.3) is 10.0 Å². The van der Waals surface area contributed by atoms with Crippen molar-refractivity contribution in [3.8, 4) is 11.3 Å². The van der Waals surface area contributed by atoms with Gasteiger partial charge in [0, 0.05) is 16.8 Å². The van der Waals surface area contributed by atoms with E-state index in [2.05, 4.69) is 4.83 Å². The molecule has 112 valence electrons. The highest BCUT2D eigenvalue weighted by molar-refractivity contribution is 7.92. The maximum atomic E-state index is 12.4. The largest absolute Gasteiger partial charge is 0.275 e. The van der Waals surface area contributed by atoms with Crippen LogP contribution in [0.2, 0.25) is 5.02 Å². The molecule has 0 atom stereocenters. The van der Waals surface area contributed by atoms with E-state index < -0.39 is 10.0 Å². The molecule has 3 rings (SSSR count). The van der Waals surface area contributed by atoms with E-state index in [1.54, 1.807) is 54.7 Å². The van der Waals surface area contributed by atoms with Gasteiger partial charge in [-0.05, 0) is 36.4 Å². The summed E-state index contributed by atoms with van der Waals surface area (Å²) < 4.78 is 26.2. The average Bonchev–Trinajstić information content (AvgIpc) is 2.96. The van der Waals surface area contributed by atoms with Gasteiger partial charge in [0.1, 0.15) is 0 Å². The number of nitrogens with one attached hydrogen (secondary N) is 1. The molecule has 0 bridgehead atoms. The quantitative estimate of drug-likeness (QED) is 0.791. The number of nitrogens with zero attached hydrogens (tertiary/aromatic N) is 1. The lowest BCUT2D eigenvalue weighted by Crippen LogP contribution is -2.23. The molecule has 0 fully saturated rings. The van der Waals surface area contributed by atoms with Crippen LogP contribution in [-0.2, 0) is 10.0 Å². The van der Waals surface area contributed by atoms with E-state index >= 15 is 0 Å². The predicted molar refractivity (Wildman–Crippen MR) is 87.9 cm³/mol. The van der Waals surface area contributed by atoms with Crippen molar-refractivity contribution in [2.75, 3.05) is 4.83 Å². The smallest absolute Gasteiger partial charge is 0.253 e. The van der Waals surface area contributed by atoms with Crippen LogP contribution >= 0.6 is 11.6 Å². The van der Waals surface area contributed by atoms with Crippen LogP contribution in [0.1, 0.15) is 0 Å². The summed E-state index contributed by atoms with van der Waals surface area (Å²) in [5, 5.41) is 0.631. The van der Waals surface area contributed by atoms with Gasteiger partial charge in [-0.25, -0.2) is 4.83 Å². The monoisotopic (exact) mass is 332 g/mol. The molecule has 6 heteroatoms. The summed E-state index contributed by atoms with van der Waals surface area (Å²) in [7, 11) is -3.64. The number of benzene rings is 2. The van der Waals surface area contributed by atoms with Gasteiger partial charge in [-0.2, -0.15) is 8.42 Å². The van der Waals surface area contributed by atoms with Gasteiger partial charge in [-0.3, -0.25) is 4.68 Å². The molecule has 0 aliphatic heterocycles. The van der Waals surface area contributed by atoms with Crippen LogP contribution in [0.4, 0.5) is 0 Å². The molecule has 0 unspecified atom stereocenters. The fourth-order valence-electron chi connectivity index (χ4n) is 2.10. The van der Waals surface area contributed by atoms with Crippen molar-refractivity contribution in [1.29, 1.82) is 0 Å². The van der Waals surface area contributed by atoms with Crippen molar-refractivity contribution in [2.45, 2.75) is 4.90 Å². The minimum absolute atomic E-state index is 0.214. The summed E-state index contributed by atoms with van der Waals surface area (Å²) in [5.74, 6) is 0. The Morgan fingerprint density at radius 3 is 2.23 bits per heavy atom. The Kier molecular flexibility index (Phi) is 3.92. The van der Waals surface area contributed by atoms with E-state index in [9.17, 15) is 8.42 Å². The second kappa shape index (κ2) is 5.87. The van der Waals surface area contributed by atoms with Crippen LogP contribution in [0.25, 0.3) is 11.3 Å². The van der Waals surface area contributed by atoms with Gasteiger partial charge < -0.3 is 0 Å². The third-order valence-electron chi connectivity index (χ3n) is 3.16. The molecular weight excluding hydrogens is 320 g/mol. The molecule has 0 amide bonds. The van der Waals surface area contributed by atoms with E-state index in [0.717, 1.165) is 11.3 Å². The summed E-state index contributed by atoms with van der Waals surface area (Å²) in [6.07, 6.45) is 1.66. The molecule has 0 saturated carbocycles. The fourth-order valence-corrected chi connectivity index (χ4v) is 3.26. The van der Waals surface area contributed by atoms with E-state index in [4.69, 9.17) is 11.6 Å². The summed E-state index contributed by atoms with van der Waals surface area (Å²) >= 11 is 5.88. The maximum Gasteiger partial charge on any atom is 0.275 e. The van der Waals surface area contributed by atoms with Crippen LogP contribution in [0.3, 0.4) is 0 Å². The van der Waals surface area contributed by atoms with Gasteiger partial charge >= 0.3 is 0 Å². The number of sulfonamides is 1. The lowest BCUT2D eigenvalue weighted by atomic mass is 10.2. The molecule has 22 heavy (non-hydrogen) atoms. The van der Waals surface area contributed by atoms with E-state index in [1.165, 1.54) is 4.68 Å². The Balaban J connectivity index is 1.95. The molecule has 0 aliphatic rings. The minimum atomic E-state index is -3.64. The number of hydrogen-bond acceptors (Lipinski definition) is 2. The zero-order valence-electron chi connectivity index (χ0n) is 11.5. The average molecular weight is 333 g/mol. The van der Waals surface area contributed by atoms with Crippen molar-refractivity contribution < 1.29 is 8.42 Å². The topological polar surface area (TPSA) is 51.1 Å². The second-order valence-corrected chi connectivity index (χ2v) is 6.78. The number of halogens is 1. The first-order valence-electron chi connectivity index (χ1n) is 6.57. The Morgan fingerprint density at radius 2 is 1.55 bits per heavy atom. The molecule has 4 nitrogen and oxygen atoms in total. The molecule has 0 spiro atoms. The Bertz CT molecular complexity index is 872. The highest BCUT2D eigenvalue weighted by Gasteiger charge is 2.15. The highest BCUT2D eigenvalue weighted by atomic mass is 35.5. The molecule has 1 aromatic heterocycles. The Labute approximate surface area is 134 Å². The second-order valence-electron chi connectivity index (χ2n) is 4.68.